The first-order valence-corrected chi connectivity index (χ1v) is 41.0. The molecule has 0 aromatic heterocycles. The van der Waals surface area contributed by atoms with Crippen LogP contribution in [-0.2, 0) is 33.1 Å². The first-order valence-electron chi connectivity index (χ1n) is 38.2. The minimum absolute atomic E-state index is 0. The molecule has 0 fully saturated rings. The molecule has 9 heteroatoms. The van der Waals surface area contributed by atoms with Crippen molar-refractivity contribution in [2.75, 3.05) is 0 Å². The second kappa shape index (κ2) is 67.0. The molecule has 6 nitrogen and oxygen atoms in total. The Labute approximate surface area is 573 Å². The summed E-state index contributed by atoms with van der Waals surface area (Å²) in [6.07, 6.45) is 89.8. The van der Waals surface area contributed by atoms with Gasteiger partial charge in [-0.15, -0.1) is 0 Å². The van der Waals surface area contributed by atoms with Crippen molar-refractivity contribution in [2.45, 2.75) is 435 Å². The maximum Gasteiger partial charge on any atom is 2.00 e. The van der Waals surface area contributed by atoms with Gasteiger partial charge in [0, 0.05) is 0 Å². The molecule has 0 aliphatic rings. The Bertz CT molecular complexity index is 1750. The average molecular weight is 1280 g/mol. The molecule has 0 saturated heterocycles. The standard InChI is InChI=1S/2C39H72O3S.Ca/c2*1-2-3-4-5-6-7-8-9-10-11-12-13-14-15-16-17-18-19-20-21-22-23-24-25-26-27-28-29-30-31-32-33-38-34-36-39(37-35-38)43(40,41)42;/h2*34-37H,2-33H2,1H3,(H,40,41,42);/q;;+2/p-2. The second-order valence-electron chi connectivity index (χ2n) is 26.9. The summed E-state index contributed by atoms with van der Waals surface area (Å²) in [6.45, 7) is 4.60. The Kier molecular flexibility index (Phi) is 66.6. The van der Waals surface area contributed by atoms with Gasteiger partial charge in [-0.3, -0.25) is 0 Å². The molecule has 2 aromatic rings. The molecule has 0 bridgehead atoms. The van der Waals surface area contributed by atoms with Crippen LogP contribution >= 0.6 is 0 Å². The van der Waals surface area contributed by atoms with Crippen molar-refractivity contribution < 1.29 is 25.9 Å². The molecule has 87 heavy (non-hydrogen) atoms. The third kappa shape index (κ3) is 62.7. The number of unbranched alkanes of at least 4 members (excludes halogenated alkanes) is 60. The molecule has 0 aliphatic carbocycles. The van der Waals surface area contributed by atoms with Crippen LogP contribution in [0.1, 0.15) is 423 Å². The van der Waals surface area contributed by atoms with E-state index in [0.29, 0.717) is 0 Å². The van der Waals surface area contributed by atoms with Gasteiger partial charge in [-0.05, 0) is 61.1 Å². The zero-order chi connectivity index (χ0) is 62.2. The average Bonchev–Trinajstić information content (AvgIpc) is 3.67. The minimum Gasteiger partial charge on any atom is -0.744 e. The Morgan fingerprint density at radius 1 is 0.207 bits per heavy atom. The molecule has 0 amide bonds. The smallest absolute Gasteiger partial charge is 0.744 e. The summed E-state index contributed by atoms with van der Waals surface area (Å²) in [7, 11) is -8.66. The molecular formula is C78H142CaO6S2. The molecule has 0 unspecified atom stereocenters. The van der Waals surface area contributed by atoms with Crippen LogP contribution < -0.4 is 0 Å². The molecule has 0 radical (unpaired) electrons. The Hall–Kier alpha value is -0.480. The van der Waals surface area contributed by atoms with E-state index in [0.717, 1.165) is 36.8 Å². The van der Waals surface area contributed by atoms with Gasteiger partial charge in [-0.25, -0.2) is 16.8 Å². The van der Waals surface area contributed by atoms with Crippen molar-refractivity contribution >= 4 is 58.0 Å². The van der Waals surface area contributed by atoms with Crippen LogP contribution in [0.5, 0.6) is 0 Å². The fourth-order valence-corrected chi connectivity index (χ4v) is 13.6. The van der Waals surface area contributed by atoms with Crippen molar-refractivity contribution in [1.82, 2.24) is 0 Å². The topological polar surface area (TPSA) is 114 Å². The van der Waals surface area contributed by atoms with E-state index in [1.54, 1.807) is 24.3 Å². The quantitative estimate of drug-likeness (QED) is 0.0370. The van der Waals surface area contributed by atoms with Crippen LogP contribution in [0, 0.1) is 0 Å². The van der Waals surface area contributed by atoms with Crippen LogP contribution in [0.3, 0.4) is 0 Å². The Balaban J connectivity index is 0.00000168. The second-order valence-corrected chi connectivity index (χ2v) is 29.7. The number of hydrogen-bond donors (Lipinski definition) is 0. The van der Waals surface area contributed by atoms with Crippen molar-refractivity contribution in [3.05, 3.63) is 59.7 Å². The van der Waals surface area contributed by atoms with E-state index in [1.807, 2.05) is 0 Å². The van der Waals surface area contributed by atoms with E-state index in [9.17, 15) is 25.9 Å². The predicted molar refractivity (Wildman–Crippen MR) is 380 cm³/mol. The summed E-state index contributed by atoms with van der Waals surface area (Å²) in [5.74, 6) is 0. The van der Waals surface area contributed by atoms with Crippen molar-refractivity contribution in [1.29, 1.82) is 0 Å². The molecule has 0 saturated carbocycles. The summed E-state index contributed by atoms with van der Waals surface area (Å²) in [6, 6.07) is 12.8. The van der Waals surface area contributed by atoms with E-state index in [2.05, 4.69) is 13.8 Å². The molecule has 0 heterocycles. The molecule has 0 N–H and O–H groups in total. The van der Waals surface area contributed by atoms with E-state index in [-0.39, 0.29) is 47.5 Å². The van der Waals surface area contributed by atoms with Gasteiger partial charge in [0.1, 0.15) is 20.2 Å². The maximum absolute atomic E-state index is 11.0. The van der Waals surface area contributed by atoms with Crippen LogP contribution in [-0.4, -0.2) is 63.7 Å². The van der Waals surface area contributed by atoms with Gasteiger partial charge in [0.2, 0.25) is 0 Å². The zero-order valence-corrected chi connectivity index (χ0v) is 61.7. The van der Waals surface area contributed by atoms with Crippen LogP contribution in [0.4, 0.5) is 0 Å². The van der Waals surface area contributed by atoms with E-state index in [1.165, 1.54) is 410 Å². The summed E-state index contributed by atoms with van der Waals surface area (Å²) >= 11 is 0. The maximum atomic E-state index is 11.0. The fourth-order valence-electron chi connectivity index (χ4n) is 12.7. The van der Waals surface area contributed by atoms with Gasteiger partial charge in [0.25, 0.3) is 0 Å². The van der Waals surface area contributed by atoms with Gasteiger partial charge < -0.3 is 9.11 Å². The number of hydrogen-bond acceptors (Lipinski definition) is 6. The summed E-state index contributed by atoms with van der Waals surface area (Å²) < 4.78 is 65.9. The first-order chi connectivity index (χ1) is 42.1. The van der Waals surface area contributed by atoms with Crippen molar-refractivity contribution in [3.63, 3.8) is 0 Å². The normalized spacial score (nSPS) is 11.7. The van der Waals surface area contributed by atoms with Crippen molar-refractivity contribution in [3.8, 4) is 0 Å². The van der Waals surface area contributed by atoms with E-state index < -0.39 is 20.2 Å². The molecule has 2 aromatic carbocycles. The van der Waals surface area contributed by atoms with Gasteiger partial charge >= 0.3 is 37.7 Å². The minimum atomic E-state index is -4.33. The number of aryl methyl sites for hydroxylation is 2. The molecule has 0 atom stereocenters. The monoisotopic (exact) mass is 1280 g/mol. The summed E-state index contributed by atoms with van der Waals surface area (Å²) in [4.78, 5) is -0.265. The number of benzene rings is 2. The van der Waals surface area contributed by atoms with Crippen LogP contribution in [0.2, 0.25) is 0 Å². The molecule has 2 rings (SSSR count). The molecular weight excluding hydrogens is 1140 g/mol. The third-order valence-electron chi connectivity index (χ3n) is 18.6. The summed E-state index contributed by atoms with van der Waals surface area (Å²) in [5.41, 5.74) is 2.23. The first kappa shape index (κ1) is 86.5. The third-order valence-corrected chi connectivity index (χ3v) is 20.3. The van der Waals surface area contributed by atoms with E-state index in [4.69, 9.17) is 0 Å². The summed E-state index contributed by atoms with van der Waals surface area (Å²) in [5, 5.41) is 0. The predicted octanol–water partition coefficient (Wildman–Crippen LogP) is 26.1. The van der Waals surface area contributed by atoms with Gasteiger partial charge in [0.05, 0.1) is 9.79 Å². The van der Waals surface area contributed by atoms with Gasteiger partial charge in [-0.2, -0.15) is 0 Å². The molecule has 0 aliphatic heterocycles. The van der Waals surface area contributed by atoms with Crippen molar-refractivity contribution in [2.24, 2.45) is 0 Å². The molecule has 504 valence electrons. The van der Waals surface area contributed by atoms with Gasteiger partial charge in [-0.1, -0.05) is 423 Å². The largest absolute Gasteiger partial charge is 2.00 e. The number of rotatable bonds is 66. The Morgan fingerprint density at radius 3 is 0.437 bits per heavy atom. The van der Waals surface area contributed by atoms with E-state index >= 15 is 0 Å². The van der Waals surface area contributed by atoms with Crippen LogP contribution in [0.25, 0.3) is 0 Å². The van der Waals surface area contributed by atoms with Crippen LogP contribution in [0.15, 0.2) is 58.3 Å². The fraction of sp³-hybridized carbons (Fsp3) is 0.846. The Morgan fingerprint density at radius 2 is 0.322 bits per heavy atom. The SMILES string of the molecule is CCCCCCCCCCCCCCCCCCCCCCCCCCCCCCCCCc1ccc(S(=O)(=O)[O-])cc1.CCCCCCCCCCCCCCCCCCCCCCCCCCCCCCCCCc1ccc(S(=O)(=O)[O-])cc1.[Ca+2]. The van der Waals surface area contributed by atoms with Gasteiger partial charge in [0.15, 0.2) is 0 Å². The zero-order valence-electron chi connectivity index (χ0n) is 57.8. The molecule has 0 spiro atoms.